The Morgan fingerprint density at radius 1 is 1.27 bits per heavy atom. The van der Waals surface area contributed by atoms with Crippen molar-refractivity contribution < 1.29 is 19.4 Å². The highest BCUT2D eigenvalue weighted by Crippen LogP contribution is 2.35. The molecule has 0 saturated heterocycles. The Morgan fingerprint density at radius 2 is 1.95 bits per heavy atom. The minimum absolute atomic E-state index is 0.0673. The second kappa shape index (κ2) is 9.13. The van der Waals surface area contributed by atoms with E-state index in [-0.39, 0.29) is 31.1 Å². The minimum atomic E-state index is -0.840. The third-order valence-corrected chi connectivity index (χ3v) is 4.59. The summed E-state index contributed by atoms with van der Waals surface area (Å²) < 4.78 is 5.89. The molecule has 0 spiro atoms. The van der Waals surface area contributed by atoms with E-state index in [4.69, 9.17) is 9.84 Å². The SMILES string of the molecule is CC1CCC(C(C)C)C(OCC(=O)NC(C)CCC(=O)O)C1. The van der Waals surface area contributed by atoms with Gasteiger partial charge in [-0.2, -0.15) is 0 Å². The fourth-order valence-corrected chi connectivity index (χ4v) is 3.22. The molecule has 1 aliphatic rings. The number of rotatable bonds is 8. The van der Waals surface area contributed by atoms with Gasteiger partial charge in [0.15, 0.2) is 0 Å². The van der Waals surface area contributed by atoms with Crippen molar-refractivity contribution in [1.29, 1.82) is 0 Å². The summed E-state index contributed by atoms with van der Waals surface area (Å²) in [4.78, 5) is 22.4. The lowest BCUT2D eigenvalue weighted by atomic mass is 9.75. The van der Waals surface area contributed by atoms with E-state index < -0.39 is 5.97 Å². The maximum absolute atomic E-state index is 11.9. The van der Waals surface area contributed by atoms with Gasteiger partial charge in [0.2, 0.25) is 5.91 Å². The predicted octanol–water partition coefficient (Wildman–Crippen LogP) is 2.83. The topological polar surface area (TPSA) is 75.6 Å². The van der Waals surface area contributed by atoms with Crippen LogP contribution in [-0.4, -0.2) is 35.7 Å². The van der Waals surface area contributed by atoms with Crippen LogP contribution < -0.4 is 5.32 Å². The first kappa shape index (κ1) is 18.9. The Bertz CT molecular complexity index is 370. The Kier molecular flexibility index (Phi) is 7.87. The Balaban J connectivity index is 2.36. The molecule has 5 nitrogen and oxygen atoms in total. The van der Waals surface area contributed by atoms with E-state index >= 15 is 0 Å². The number of hydrogen-bond acceptors (Lipinski definition) is 3. The Labute approximate surface area is 133 Å². The van der Waals surface area contributed by atoms with Crippen LogP contribution >= 0.6 is 0 Å². The van der Waals surface area contributed by atoms with E-state index in [1.807, 2.05) is 6.92 Å². The molecule has 0 bridgehead atoms. The lowest BCUT2D eigenvalue weighted by Gasteiger charge is -2.37. The molecule has 22 heavy (non-hydrogen) atoms. The van der Waals surface area contributed by atoms with Crippen LogP contribution in [0.5, 0.6) is 0 Å². The number of aliphatic carboxylic acids is 1. The van der Waals surface area contributed by atoms with Crippen LogP contribution in [0.25, 0.3) is 0 Å². The summed E-state index contributed by atoms with van der Waals surface area (Å²) in [6, 6.07) is -0.140. The molecule has 1 fully saturated rings. The van der Waals surface area contributed by atoms with Gasteiger partial charge >= 0.3 is 5.97 Å². The number of carboxylic acid groups (broad SMARTS) is 1. The number of carboxylic acids is 1. The molecule has 0 aliphatic heterocycles. The third-order valence-electron chi connectivity index (χ3n) is 4.59. The third kappa shape index (κ3) is 6.77. The summed E-state index contributed by atoms with van der Waals surface area (Å²) >= 11 is 0. The molecule has 2 N–H and O–H groups in total. The molecule has 128 valence electrons. The molecular formula is C17H31NO4. The van der Waals surface area contributed by atoms with Gasteiger partial charge in [0.25, 0.3) is 0 Å². The van der Waals surface area contributed by atoms with Crippen molar-refractivity contribution in [3.63, 3.8) is 0 Å². The van der Waals surface area contributed by atoms with Gasteiger partial charge in [-0.15, -0.1) is 0 Å². The first-order chi connectivity index (χ1) is 10.3. The average Bonchev–Trinajstić information content (AvgIpc) is 2.42. The minimum Gasteiger partial charge on any atom is -0.481 e. The number of amides is 1. The smallest absolute Gasteiger partial charge is 0.303 e. The van der Waals surface area contributed by atoms with Crippen molar-refractivity contribution in [1.82, 2.24) is 5.32 Å². The van der Waals surface area contributed by atoms with E-state index in [2.05, 4.69) is 26.1 Å². The zero-order valence-electron chi connectivity index (χ0n) is 14.3. The summed E-state index contributed by atoms with van der Waals surface area (Å²) in [5.41, 5.74) is 0. The monoisotopic (exact) mass is 313 g/mol. The highest BCUT2D eigenvalue weighted by molar-refractivity contribution is 5.77. The van der Waals surface area contributed by atoms with E-state index in [0.29, 0.717) is 24.2 Å². The first-order valence-electron chi connectivity index (χ1n) is 8.42. The van der Waals surface area contributed by atoms with Gasteiger partial charge in [-0.1, -0.05) is 27.2 Å². The summed E-state index contributed by atoms with van der Waals surface area (Å²) in [7, 11) is 0. The Morgan fingerprint density at radius 3 is 2.55 bits per heavy atom. The van der Waals surface area contributed by atoms with Crippen LogP contribution in [0.15, 0.2) is 0 Å². The van der Waals surface area contributed by atoms with Crippen LogP contribution in [-0.2, 0) is 14.3 Å². The quantitative estimate of drug-likeness (QED) is 0.722. The van der Waals surface area contributed by atoms with Gasteiger partial charge in [0.05, 0.1) is 6.10 Å². The fourth-order valence-electron chi connectivity index (χ4n) is 3.22. The predicted molar refractivity (Wildman–Crippen MR) is 85.6 cm³/mol. The number of nitrogens with one attached hydrogen (secondary N) is 1. The lowest BCUT2D eigenvalue weighted by molar-refractivity contribution is -0.138. The van der Waals surface area contributed by atoms with Crippen molar-refractivity contribution in [2.24, 2.45) is 17.8 Å². The molecule has 4 atom stereocenters. The van der Waals surface area contributed by atoms with Crippen LogP contribution in [0.4, 0.5) is 0 Å². The maximum Gasteiger partial charge on any atom is 0.303 e. The van der Waals surface area contributed by atoms with E-state index in [9.17, 15) is 9.59 Å². The number of hydrogen-bond donors (Lipinski definition) is 2. The van der Waals surface area contributed by atoms with Gasteiger partial charge in [-0.25, -0.2) is 0 Å². The Hall–Kier alpha value is -1.10. The van der Waals surface area contributed by atoms with Gasteiger partial charge in [0, 0.05) is 12.5 Å². The number of ether oxygens (including phenoxy) is 1. The van der Waals surface area contributed by atoms with E-state index in [1.54, 1.807) is 0 Å². The number of carbonyl (C=O) groups excluding carboxylic acids is 1. The van der Waals surface area contributed by atoms with Crippen LogP contribution in [0.2, 0.25) is 0 Å². The normalized spacial score (nSPS) is 26.7. The lowest BCUT2D eigenvalue weighted by Crippen LogP contribution is -2.40. The molecule has 5 heteroatoms. The molecule has 0 aromatic heterocycles. The molecule has 1 aliphatic carbocycles. The molecule has 0 aromatic rings. The zero-order chi connectivity index (χ0) is 16.7. The summed E-state index contributed by atoms with van der Waals surface area (Å²) in [5.74, 6) is 0.743. The molecule has 1 amide bonds. The average molecular weight is 313 g/mol. The van der Waals surface area contributed by atoms with Gasteiger partial charge < -0.3 is 15.2 Å². The molecule has 4 unspecified atom stereocenters. The number of carbonyl (C=O) groups is 2. The van der Waals surface area contributed by atoms with E-state index in [1.165, 1.54) is 12.8 Å². The van der Waals surface area contributed by atoms with Crippen LogP contribution in [0.3, 0.4) is 0 Å². The van der Waals surface area contributed by atoms with Crippen molar-refractivity contribution >= 4 is 11.9 Å². The second-order valence-electron chi connectivity index (χ2n) is 7.08. The van der Waals surface area contributed by atoms with Gasteiger partial charge in [0.1, 0.15) is 6.61 Å². The van der Waals surface area contributed by atoms with Gasteiger partial charge in [-0.3, -0.25) is 9.59 Å². The fraction of sp³-hybridized carbons (Fsp3) is 0.882. The highest BCUT2D eigenvalue weighted by atomic mass is 16.5. The zero-order valence-corrected chi connectivity index (χ0v) is 14.3. The summed E-state index contributed by atoms with van der Waals surface area (Å²) in [6.07, 6.45) is 4.09. The van der Waals surface area contributed by atoms with Crippen molar-refractivity contribution in [2.45, 2.75) is 71.9 Å². The largest absolute Gasteiger partial charge is 0.481 e. The van der Waals surface area contributed by atoms with Crippen molar-refractivity contribution in [2.75, 3.05) is 6.61 Å². The van der Waals surface area contributed by atoms with Crippen molar-refractivity contribution in [3.05, 3.63) is 0 Å². The second-order valence-corrected chi connectivity index (χ2v) is 7.08. The molecule has 0 radical (unpaired) electrons. The van der Waals surface area contributed by atoms with Crippen LogP contribution in [0.1, 0.15) is 59.8 Å². The first-order valence-corrected chi connectivity index (χ1v) is 8.42. The van der Waals surface area contributed by atoms with Gasteiger partial charge in [-0.05, 0) is 43.9 Å². The van der Waals surface area contributed by atoms with E-state index in [0.717, 1.165) is 6.42 Å². The van der Waals surface area contributed by atoms with Crippen LogP contribution in [0, 0.1) is 17.8 Å². The summed E-state index contributed by atoms with van der Waals surface area (Å²) in [5, 5.41) is 11.4. The van der Waals surface area contributed by atoms with Crippen molar-refractivity contribution in [3.8, 4) is 0 Å². The maximum atomic E-state index is 11.9. The molecule has 0 aromatic carbocycles. The molecule has 0 heterocycles. The standard InChI is InChI=1S/C17H31NO4/c1-11(2)14-7-5-12(3)9-15(14)22-10-16(19)18-13(4)6-8-17(20)21/h11-15H,5-10H2,1-4H3,(H,18,19)(H,20,21). The summed E-state index contributed by atoms with van der Waals surface area (Å²) in [6.45, 7) is 8.55. The molecular weight excluding hydrogens is 282 g/mol. The highest BCUT2D eigenvalue weighted by Gasteiger charge is 2.31. The molecule has 1 rings (SSSR count). The molecule has 1 saturated carbocycles.